The number of carbonyl (C=O) groups is 2. The molecule has 0 aliphatic carbocycles. The first-order chi connectivity index (χ1) is 7.16. The summed E-state index contributed by atoms with van der Waals surface area (Å²) in [6.07, 6.45) is 2.74. The zero-order valence-electron chi connectivity index (χ0n) is 8.69. The highest BCUT2D eigenvalue weighted by Gasteiger charge is 2.17. The lowest BCUT2D eigenvalue weighted by Gasteiger charge is -2.05. The fourth-order valence-electron chi connectivity index (χ4n) is 1.44. The average Bonchev–Trinajstić information content (AvgIpc) is 2.25. The van der Waals surface area contributed by atoms with Gasteiger partial charge >= 0.3 is 5.97 Å². The van der Waals surface area contributed by atoms with Crippen molar-refractivity contribution in [2.45, 2.75) is 26.2 Å². The van der Waals surface area contributed by atoms with E-state index in [1.807, 2.05) is 12.1 Å². The van der Waals surface area contributed by atoms with E-state index in [2.05, 4.69) is 6.92 Å². The molecule has 0 bridgehead atoms. The molecule has 0 unspecified atom stereocenters. The molecule has 3 nitrogen and oxygen atoms in total. The smallest absolute Gasteiger partial charge is 0.377 e. The van der Waals surface area contributed by atoms with Gasteiger partial charge in [0.05, 0.1) is 0 Å². The minimum atomic E-state index is -1.39. The third-order valence-electron chi connectivity index (χ3n) is 2.26. The predicted molar refractivity (Wildman–Crippen MR) is 57.0 cm³/mol. The van der Waals surface area contributed by atoms with Crippen LogP contribution in [-0.2, 0) is 11.2 Å². The number of hydrogen-bond acceptors (Lipinski definition) is 2. The molecule has 0 spiro atoms. The number of hydrogen-bond donors (Lipinski definition) is 1. The van der Waals surface area contributed by atoms with Crippen molar-refractivity contribution < 1.29 is 14.7 Å². The van der Waals surface area contributed by atoms with Crippen molar-refractivity contribution >= 4 is 11.8 Å². The van der Waals surface area contributed by atoms with E-state index < -0.39 is 11.8 Å². The lowest BCUT2D eigenvalue weighted by Crippen LogP contribution is -2.14. The summed E-state index contributed by atoms with van der Waals surface area (Å²) in [5.41, 5.74) is 1.14. The summed E-state index contributed by atoms with van der Waals surface area (Å²) < 4.78 is 0. The van der Waals surface area contributed by atoms with Crippen molar-refractivity contribution in [3.8, 4) is 0 Å². The van der Waals surface area contributed by atoms with Gasteiger partial charge in [-0.25, -0.2) is 4.79 Å². The van der Waals surface area contributed by atoms with E-state index in [0.717, 1.165) is 24.8 Å². The fourth-order valence-corrected chi connectivity index (χ4v) is 1.44. The normalized spacial score (nSPS) is 9.93. The molecule has 1 rings (SSSR count). The lowest BCUT2D eigenvalue weighted by molar-refractivity contribution is -0.131. The molecule has 0 aliphatic rings. The Labute approximate surface area is 88.7 Å². The molecular formula is C12H14O3. The van der Waals surface area contributed by atoms with Crippen molar-refractivity contribution in [3.63, 3.8) is 0 Å². The molecule has 0 aliphatic heterocycles. The number of Topliss-reactive ketones (excluding diaryl/α,β-unsaturated/α-hetero) is 1. The van der Waals surface area contributed by atoms with E-state index in [0.29, 0.717) is 5.56 Å². The van der Waals surface area contributed by atoms with Gasteiger partial charge in [-0.2, -0.15) is 0 Å². The summed E-state index contributed by atoms with van der Waals surface area (Å²) >= 11 is 0. The van der Waals surface area contributed by atoms with Gasteiger partial charge in [0.2, 0.25) is 0 Å². The first kappa shape index (κ1) is 11.4. The Kier molecular flexibility index (Phi) is 4.03. The van der Waals surface area contributed by atoms with Gasteiger partial charge in [-0.15, -0.1) is 0 Å². The Bertz CT molecular complexity index is 369. The van der Waals surface area contributed by atoms with Crippen molar-refractivity contribution in [1.29, 1.82) is 0 Å². The molecule has 0 fully saturated rings. The Morgan fingerprint density at radius 3 is 2.53 bits per heavy atom. The number of aryl methyl sites for hydroxylation is 1. The van der Waals surface area contributed by atoms with E-state index in [4.69, 9.17) is 5.11 Å². The Hall–Kier alpha value is -1.64. The van der Waals surface area contributed by atoms with Crippen molar-refractivity contribution in [2.24, 2.45) is 0 Å². The number of carbonyl (C=O) groups excluding carboxylic acids is 1. The molecule has 0 aromatic heterocycles. The molecule has 1 aromatic carbocycles. The zero-order chi connectivity index (χ0) is 11.3. The van der Waals surface area contributed by atoms with Crippen LogP contribution in [0.25, 0.3) is 0 Å². The summed E-state index contributed by atoms with van der Waals surface area (Å²) in [5.74, 6) is -2.21. The molecular weight excluding hydrogens is 192 g/mol. The second-order valence-corrected chi connectivity index (χ2v) is 3.39. The van der Waals surface area contributed by atoms with Crippen LogP contribution < -0.4 is 0 Å². The molecule has 0 amide bonds. The van der Waals surface area contributed by atoms with E-state index in [9.17, 15) is 9.59 Å². The number of carboxylic acids is 1. The van der Waals surface area contributed by atoms with Crippen LogP contribution in [0.15, 0.2) is 24.3 Å². The quantitative estimate of drug-likeness (QED) is 0.594. The van der Waals surface area contributed by atoms with Crippen LogP contribution in [0.3, 0.4) is 0 Å². The SMILES string of the molecule is CCCCc1ccccc1C(=O)C(=O)O. The number of carboxylic acid groups (broad SMARTS) is 1. The van der Waals surface area contributed by atoms with Gasteiger partial charge in [0.1, 0.15) is 0 Å². The summed E-state index contributed by atoms with van der Waals surface area (Å²) in [5, 5.41) is 8.64. The Morgan fingerprint density at radius 1 is 1.27 bits per heavy atom. The van der Waals surface area contributed by atoms with Crippen molar-refractivity contribution in [1.82, 2.24) is 0 Å². The van der Waals surface area contributed by atoms with Crippen LogP contribution in [0.2, 0.25) is 0 Å². The highest BCUT2D eigenvalue weighted by atomic mass is 16.4. The summed E-state index contributed by atoms with van der Waals surface area (Å²) in [6, 6.07) is 6.89. The molecule has 0 saturated heterocycles. The molecule has 0 saturated carbocycles. The summed E-state index contributed by atoms with van der Waals surface area (Å²) in [7, 11) is 0. The maximum atomic E-state index is 11.3. The van der Waals surface area contributed by atoms with Gasteiger partial charge in [-0.3, -0.25) is 4.79 Å². The predicted octanol–water partition coefficient (Wildman–Crippen LogP) is 2.30. The van der Waals surface area contributed by atoms with E-state index in [1.54, 1.807) is 12.1 Å². The van der Waals surface area contributed by atoms with Gasteiger partial charge in [0.25, 0.3) is 5.78 Å². The van der Waals surface area contributed by atoms with Gasteiger partial charge in [0.15, 0.2) is 0 Å². The van der Waals surface area contributed by atoms with Gasteiger partial charge in [-0.1, -0.05) is 37.6 Å². The van der Waals surface area contributed by atoms with Crippen LogP contribution >= 0.6 is 0 Å². The maximum absolute atomic E-state index is 11.3. The minimum absolute atomic E-state index is 0.318. The Balaban J connectivity index is 2.95. The molecule has 1 N–H and O–H groups in total. The average molecular weight is 206 g/mol. The number of ketones is 1. The summed E-state index contributed by atoms with van der Waals surface area (Å²) in [6.45, 7) is 2.06. The van der Waals surface area contributed by atoms with Crippen LogP contribution in [0.5, 0.6) is 0 Å². The van der Waals surface area contributed by atoms with Crippen LogP contribution in [0, 0.1) is 0 Å². The highest BCUT2D eigenvalue weighted by molar-refractivity contribution is 6.40. The third kappa shape index (κ3) is 2.91. The largest absolute Gasteiger partial charge is 0.475 e. The number of aliphatic carboxylic acids is 1. The molecule has 15 heavy (non-hydrogen) atoms. The van der Waals surface area contributed by atoms with Crippen molar-refractivity contribution in [2.75, 3.05) is 0 Å². The second-order valence-electron chi connectivity index (χ2n) is 3.39. The maximum Gasteiger partial charge on any atom is 0.377 e. The van der Waals surface area contributed by atoms with E-state index in [1.165, 1.54) is 0 Å². The molecule has 0 radical (unpaired) electrons. The fraction of sp³-hybridized carbons (Fsp3) is 0.333. The Morgan fingerprint density at radius 2 is 1.93 bits per heavy atom. The van der Waals surface area contributed by atoms with Gasteiger partial charge in [0, 0.05) is 5.56 Å². The number of benzene rings is 1. The van der Waals surface area contributed by atoms with E-state index in [-0.39, 0.29) is 0 Å². The van der Waals surface area contributed by atoms with Gasteiger partial charge < -0.3 is 5.11 Å². The monoisotopic (exact) mass is 206 g/mol. The minimum Gasteiger partial charge on any atom is -0.475 e. The van der Waals surface area contributed by atoms with E-state index >= 15 is 0 Å². The third-order valence-corrected chi connectivity index (χ3v) is 2.26. The first-order valence-corrected chi connectivity index (χ1v) is 5.02. The van der Waals surface area contributed by atoms with Crippen molar-refractivity contribution in [3.05, 3.63) is 35.4 Å². The number of rotatable bonds is 5. The standard InChI is InChI=1S/C12H14O3/c1-2-3-6-9-7-4-5-8-10(9)11(13)12(14)15/h4-5,7-8H,2-3,6H2,1H3,(H,14,15). The molecule has 0 heterocycles. The zero-order valence-corrected chi connectivity index (χ0v) is 8.69. The molecule has 0 atom stereocenters. The topological polar surface area (TPSA) is 54.4 Å². The lowest BCUT2D eigenvalue weighted by atomic mass is 9.99. The molecule has 3 heteroatoms. The van der Waals surface area contributed by atoms with Crippen LogP contribution in [0.4, 0.5) is 0 Å². The number of unbranched alkanes of at least 4 members (excludes halogenated alkanes) is 1. The first-order valence-electron chi connectivity index (χ1n) is 5.02. The molecule has 80 valence electrons. The molecule has 1 aromatic rings. The highest BCUT2D eigenvalue weighted by Crippen LogP contribution is 2.12. The van der Waals surface area contributed by atoms with Gasteiger partial charge in [-0.05, 0) is 18.4 Å². The second kappa shape index (κ2) is 5.29. The van der Waals surface area contributed by atoms with Crippen LogP contribution in [0.1, 0.15) is 35.7 Å². The summed E-state index contributed by atoms with van der Waals surface area (Å²) in [4.78, 5) is 21.9. The van der Waals surface area contributed by atoms with Crippen LogP contribution in [-0.4, -0.2) is 16.9 Å².